The fourth-order valence-corrected chi connectivity index (χ4v) is 2.69. The van der Waals surface area contributed by atoms with E-state index in [1.807, 2.05) is 26.8 Å². The van der Waals surface area contributed by atoms with Crippen molar-refractivity contribution in [3.63, 3.8) is 0 Å². The third-order valence-electron chi connectivity index (χ3n) is 3.19. The number of nitrogens with zero attached hydrogens (tertiary/aromatic N) is 1. The zero-order valence-electron chi connectivity index (χ0n) is 14.1. The average Bonchev–Trinajstić information content (AvgIpc) is 2.51. The molecule has 0 aliphatic carbocycles. The van der Waals surface area contributed by atoms with Gasteiger partial charge in [0.1, 0.15) is 16.6 Å². The van der Waals surface area contributed by atoms with Crippen LogP contribution in [-0.2, 0) is 11.4 Å². The van der Waals surface area contributed by atoms with Crippen molar-refractivity contribution < 1.29 is 8.94 Å². The zero-order valence-corrected chi connectivity index (χ0v) is 14.9. The van der Waals surface area contributed by atoms with E-state index in [0.717, 1.165) is 0 Å². The van der Waals surface area contributed by atoms with Gasteiger partial charge in [-0.15, -0.1) is 4.72 Å². The largest absolute Gasteiger partial charge is 0.598 e. The van der Waals surface area contributed by atoms with Crippen LogP contribution in [0.15, 0.2) is 54.7 Å². The first-order valence-electron chi connectivity index (χ1n) is 7.26. The number of benzene rings is 1. The Morgan fingerprint density at radius 3 is 2.58 bits per heavy atom. The van der Waals surface area contributed by atoms with E-state index in [2.05, 4.69) is 17.9 Å². The molecule has 0 fully saturated rings. The summed E-state index contributed by atoms with van der Waals surface area (Å²) < 4.78 is 28.5. The number of hydrogen-bond donors (Lipinski definition) is 2. The molecule has 0 aliphatic heterocycles. The van der Waals surface area contributed by atoms with Crippen LogP contribution in [0.3, 0.4) is 0 Å². The number of halogens is 1. The molecule has 128 valence electrons. The van der Waals surface area contributed by atoms with Crippen molar-refractivity contribution in [2.75, 3.05) is 5.73 Å². The molecule has 1 aromatic rings. The van der Waals surface area contributed by atoms with E-state index < -0.39 is 28.0 Å². The molecule has 0 heterocycles. The first-order valence-corrected chi connectivity index (χ1v) is 8.41. The fourth-order valence-electron chi connectivity index (χ4n) is 1.85. The van der Waals surface area contributed by atoms with Crippen molar-refractivity contribution in [2.45, 2.75) is 31.6 Å². The minimum absolute atomic E-state index is 0.0108. The van der Waals surface area contributed by atoms with Crippen LogP contribution in [0.4, 0.5) is 10.1 Å². The zero-order chi connectivity index (χ0) is 18.5. The predicted molar refractivity (Wildman–Crippen MR) is 97.6 cm³/mol. The standard InChI is InChI=1S/C18H22FN3OS/c1-6-13(9-12(2)11-20)17(22-24(23)18(3,4)5)14-7-8-15(19)16(21)10-14/h6-10,17,22H,1-2,21H2,3-5H3/b13-9+/t17-,24-/m1/s1. The van der Waals surface area contributed by atoms with Gasteiger partial charge in [0, 0.05) is 16.9 Å². The lowest BCUT2D eigenvalue weighted by molar-refractivity contribution is 0.535. The van der Waals surface area contributed by atoms with Crippen molar-refractivity contribution in [1.82, 2.24) is 4.72 Å². The summed E-state index contributed by atoms with van der Waals surface area (Å²) in [6.07, 6.45) is 3.09. The minimum Gasteiger partial charge on any atom is -0.598 e. The molecule has 1 rings (SSSR count). The van der Waals surface area contributed by atoms with Crippen molar-refractivity contribution >= 4 is 17.0 Å². The topological polar surface area (TPSA) is 84.9 Å². The molecule has 1 aromatic carbocycles. The van der Waals surface area contributed by atoms with Crippen LogP contribution < -0.4 is 10.5 Å². The van der Waals surface area contributed by atoms with Crippen LogP contribution >= 0.6 is 0 Å². The van der Waals surface area contributed by atoms with Gasteiger partial charge in [-0.25, -0.2) is 4.39 Å². The number of nitrogens with two attached hydrogens (primary N) is 1. The van der Waals surface area contributed by atoms with E-state index in [-0.39, 0.29) is 11.3 Å². The third-order valence-corrected chi connectivity index (χ3v) is 4.75. The van der Waals surface area contributed by atoms with E-state index in [0.29, 0.717) is 11.1 Å². The lowest BCUT2D eigenvalue weighted by Crippen LogP contribution is -2.41. The van der Waals surface area contributed by atoms with Gasteiger partial charge in [-0.3, -0.25) is 0 Å². The van der Waals surface area contributed by atoms with Gasteiger partial charge in [0.05, 0.1) is 11.8 Å². The Balaban J connectivity index is 3.37. The Bertz CT molecular complexity index is 701. The SMILES string of the molecule is C=C/C(=C\C(=C)C#N)[C@@H](N[S@+]([O-])C(C)(C)C)c1ccc(F)c(N)c1. The molecule has 2 atom stereocenters. The Kier molecular flexibility index (Phi) is 6.79. The molecule has 4 nitrogen and oxygen atoms in total. The summed E-state index contributed by atoms with van der Waals surface area (Å²) in [6.45, 7) is 12.9. The molecule has 24 heavy (non-hydrogen) atoms. The number of allylic oxidation sites excluding steroid dienone is 2. The van der Waals surface area contributed by atoms with Gasteiger partial charge in [-0.2, -0.15) is 5.26 Å². The van der Waals surface area contributed by atoms with Crippen molar-refractivity contribution in [1.29, 1.82) is 5.26 Å². The normalized spacial score (nSPS) is 14.6. The van der Waals surface area contributed by atoms with E-state index in [1.165, 1.54) is 12.1 Å². The van der Waals surface area contributed by atoms with Gasteiger partial charge in [0.25, 0.3) is 0 Å². The monoisotopic (exact) mass is 347 g/mol. The molecule has 0 radical (unpaired) electrons. The first kappa shape index (κ1) is 20.0. The Labute approximate surface area is 145 Å². The molecule has 0 aromatic heterocycles. The quantitative estimate of drug-likeness (QED) is 0.356. The van der Waals surface area contributed by atoms with E-state index in [9.17, 15) is 8.94 Å². The molecule has 0 bridgehead atoms. The third kappa shape index (κ3) is 5.24. The molecule has 0 saturated carbocycles. The number of rotatable bonds is 6. The highest BCUT2D eigenvalue weighted by molar-refractivity contribution is 7.90. The van der Waals surface area contributed by atoms with Crippen LogP contribution in [-0.4, -0.2) is 9.30 Å². The Hall–Kier alpha value is -2.07. The number of nitrogens with one attached hydrogen (secondary N) is 1. The summed E-state index contributed by atoms with van der Waals surface area (Å²) >= 11 is -1.40. The summed E-state index contributed by atoms with van der Waals surface area (Å²) in [5.74, 6) is -0.528. The first-order chi connectivity index (χ1) is 11.1. The number of nitrogen functional groups attached to an aromatic ring is 1. The van der Waals surface area contributed by atoms with Crippen LogP contribution in [0.2, 0.25) is 0 Å². The molecule has 0 saturated heterocycles. The Morgan fingerprint density at radius 2 is 2.12 bits per heavy atom. The predicted octanol–water partition coefficient (Wildman–Crippen LogP) is 3.69. The lowest BCUT2D eigenvalue weighted by Gasteiger charge is -2.29. The fraction of sp³-hybridized carbons (Fsp3) is 0.278. The highest BCUT2D eigenvalue weighted by Crippen LogP contribution is 2.29. The molecule has 0 aliphatic rings. The molecular formula is C18H22FN3OS. The molecule has 6 heteroatoms. The van der Waals surface area contributed by atoms with E-state index >= 15 is 0 Å². The summed E-state index contributed by atoms with van der Waals surface area (Å²) in [5.41, 5.74) is 7.07. The minimum atomic E-state index is -1.40. The Morgan fingerprint density at radius 1 is 1.50 bits per heavy atom. The second-order valence-corrected chi connectivity index (χ2v) is 8.20. The second kappa shape index (κ2) is 8.15. The molecule has 0 unspecified atom stereocenters. The number of anilines is 1. The molecule has 0 amide bonds. The van der Waals surface area contributed by atoms with Crippen LogP contribution in [0.1, 0.15) is 32.4 Å². The van der Waals surface area contributed by atoms with Gasteiger partial charge in [0.15, 0.2) is 0 Å². The van der Waals surface area contributed by atoms with Crippen molar-refractivity contribution in [2.24, 2.45) is 0 Å². The highest BCUT2D eigenvalue weighted by Gasteiger charge is 2.31. The van der Waals surface area contributed by atoms with E-state index in [1.54, 1.807) is 18.2 Å². The number of hydrogen-bond acceptors (Lipinski definition) is 4. The highest BCUT2D eigenvalue weighted by atomic mass is 32.2. The van der Waals surface area contributed by atoms with Crippen molar-refractivity contribution in [3.05, 3.63) is 66.0 Å². The summed E-state index contributed by atoms with van der Waals surface area (Å²) in [6, 6.07) is 5.63. The van der Waals surface area contributed by atoms with Gasteiger partial charge < -0.3 is 10.3 Å². The maximum atomic E-state index is 13.5. The summed E-state index contributed by atoms with van der Waals surface area (Å²) in [7, 11) is 0. The van der Waals surface area contributed by atoms with Crippen molar-refractivity contribution in [3.8, 4) is 6.07 Å². The smallest absolute Gasteiger partial charge is 0.146 e. The molecule has 0 spiro atoms. The van der Waals surface area contributed by atoms with Gasteiger partial charge in [-0.05, 0) is 50.1 Å². The molecule has 3 N–H and O–H groups in total. The molecular weight excluding hydrogens is 325 g/mol. The maximum absolute atomic E-state index is 13.5. The number of nitriles is 1. The van der Waals surface area contributed by atoms with E-state index in [4.69, 9.17) is 11.0 Å². The summed E-state index contributed by atoms with van der Waals surface area (Å²) in [5, 5.41) is 8.94. The van der Waals surface area contributed by atoms with Crippen LogP contribution in [0.5, 0.6) is 0 Å². The summed E-state index contributed by atoms with van der Waals surface area (Å²) in [4.78, 5) is 0. The maximum Gasteiger partial charge on any atom is 0.146 e. The van der Waals surface area contributed by atoms with Crippen LogP contribution in [0.25, 0.3) is 0 Å². The van der Waals surface area contributed by atoms with Gasteiger partial charge in [0.2, 0.25) is 0 Å². The lowest BCUT2D eigenvalue weighted by atomic mass is 9.97. The van der Waals surface area contributed by atoms with Crippen LogP contribution in [0, 0.1) is 17.1 Å². The average molecular weight is 347 g/mol. The van der Waals surface area contributed by atoms with Gasteiger partial charge in [-0.1, -0.05) is 25.3 Å². The van der Waals surface area contributed by atoms with Gasteiger partial charge >= 0.3 is 0 Å². The second-order valence-electron chi connectivity index (χ2n) is 6.20.